The highest BCUT2D eigenvalue weighted by atomic mass is 16.5. The van der Waals surface area contributed by atoms with Gasteiger partial charge in [0.25, 0.3) is 0 Å². The van der Waals surface area contributed by atoms with E-state index in [-0.39, 0.29) is 18.0 Å². The summed E-state index contributed by atoms with van der Waals surface area (Å²) < 4.78 is 11.6. The van der Waals surface area contributed by atoms with Gasteiger partial charge in [0.2, 0.25) is 0 Å². The molecule has 39 heavy (non-hydrogen) atoms. The number of ketones is 1. The maximum absolute atomic E-state index is 12.5. The molecule has 0 heterocycles. The first kappa shape index (κ1) is 28.9. The van der Waals surface area contributed by atoms with E-state index in [4.69, 9.17) is 9.47 Å². The van der Waals surface area contributed by atoms with E-state index in [0.717, 1.165) is 40.7 Å². The minimum atomic E-state index is -0.534. The molecule has 1 aliphatic rings. The zero-order chi connectivity index (χ0) is 27.5. The monoisotopic (exact) mass is 532 g/mol. The lowest BCUT2D eigenvalue weighted by atomic mass is 9.85. The van der Waals surface area contributed by atoms with Crippen molar-refractivity contribution in [2.75, 3.05) is 7.11 Å². The van der Waals surface area contributed by atoms with Crippen LogP contribution in [0.25, 0.3) is 10.8 Å². The van der Waals surface area contributed by atoms with E-state index in [1.807, 2.05) is 42.5 Å². The van der Waals surface area contributed by atoms with E-state index in [0.29, 0.717) is 37.4 Å². The smallest absolute Gasteiger partial charge is 0.161 e. The van der Waals surface area contributed by atoms with Gasteiger partial charge in [-0.3, -0.25) is 4.79 Å². The highest BCUT2D eigenvalue weighted by Gasteiger charge is 2.14. The van der Waals surface area contributed by atoms with Crippen molar-refractivity contribution in [3.63, 3.8) is 0 Å². The maximum atomic E-state index is 12.5. The molecule has 210 valence electrons. The van der Waals surface area contributed by atoms with Crippen LogP contribution < -0.4 is 9.47 Å². The number of ether oxygens (including phenoxy) is 2. The summed E-state index contributed by atoms with van der Waals surface area (Å²) in [5.41, 5.74) is 2.02. The minimum absolute atomic E-state index is 0.102. The van der Waals surface area contributed by atoms with E-state index in [1.54, 1.807) is 19.2 Å². The van der Waals surface area contributed by atoms with Crippen LogP contribution in [0.3, 0.4) is 0 Å². The molecule has 0 aromatic heterocycles. The molecule has 0 spiro atoms. The molecule has 1 saturated carbocycles. The summed E-state index contributed by atoms with van der Waals surface area (Å²) in [7, 11) is 1.62. The van der Waals surface area contributed by atoms with Gasteiger partial charge in [0, 0.05) is 12.8 Å². The molecule has 3 aromatic rings. The zero-order valence-corrected chi connectivity index (χ0v) is 23.4. The minimum Gasteiger partial charge on any atom is -0.508 e. The number of fused-ring (bicyclic) bond motifs is 1. The first-order valence-corrected chi connectivity index (χ1v) is 14.7. The molecule has 3 aromatic carbocycles. The molecule has 1 aliphatic carbocycles. The second-order valence-corrected chi connectivity index (χ2v) is 11.2. The molecular formula is C34H44O5. The van der Waals surface area contributed by atoms with Gasteiger partial charge in [-0.1, -0.05) is 82.1 Å². The number of aliphatic hydroxyl groups excluding tert-OH is 1. The van der Waals surface area contributed by atoms with Crippen LogP contribution in [-0.2, 0) is 17.8 Å². The first-order chi connectivity index (χ1) is 19.0. The van der Waals surface area contributed by atoms with Gasteiger partial charge in [0.05, 0.1) is 13.2 Å². The summed E-state index contributed by atoms with van der Waals surface area (Å²) >= 11 is 0. The summed E-state index contributed by atoms with van der Waals surface area (Å²) in [6.45, 7) is 0.377. The molecule has 1 atom stereocenters. The number of hydrogen-bond donors (Lipinski definition) is 2. The summed E-state index contributed by atoms with van der Waals surface area (Å²) in [5, 5.41) is 22.1. The van der Waals surface area contributed by atoms with E-state index in [1.165, 1.54) is 44.9 Å². The van der Waals surface area contributed by atoms with Crippen molar-refractivity contribution < 1.29 is 24.5 Å². The van der Waals surface area contributed by atoms with Gasteiger partial charge in [-0.05, 0) is 71.0 Å². The van der Waals surface area contributed by atoms with Gasteiger partial charge in [-0.25, -0.2) is 0 Å². The van der Waals surface area contributed by atoms with Gasteiger partial charge < -0.3 is 19.7 Å². The molecule has 0 aliphatic heterocycles. The number of Topliss-reactive ketones (excluding diaryl/α,β-unsaturated/α-hetero) is 1. The molecule has 5 heteroatoms. The van der Waals surface area contributed by atoms with Crippen LogP contribution in [0.5, 0.6) is 17.2 Å². The fourth-order valence-electron chi connectivity index (χ4n) is 5.74. The molecule has 0 bridgehead atoms. The fourth-order valence-corrected chi connectivity index (χ4v) is 5.74. The van der Waals surface area contributed by atoms with Crippen LogP contribution in [0.15, 0.2) is 54.6 Å². The summed E-state index contributed by atoms with van der Waals surface area (Å²) in [4.78, 5) is 12.5. The number of methoxy groups -OCH3 is 1. The van der Waals surface area contributed by atoms with Gasteiger partial charge in [0.1, 0.15) is 18.1 Å². The van der Waals surface area contributed by atoms with Crippen LogP contribution in [0.4, 0.5) is 0 Å². The Balaban J connectivity index is 1.19. The largest absolute Gasteiger partial charge is 0.508 e. The van der Waals surface area contributed by atoms with Crippen LogP contribution >= 0.6 is 0 Å². The number of carbonyl (C=O) groups is 1. The Labute approximate surface area is 233 Å². The van der Waals surface area contributed by atoms with Crippen molar-refractivity contribution in [1.82, 2.24) is 0 Å². The lowest BCUT2D eigenvalue weighted by Crippen LogP contribution is -2.14. The zero-order valence-electron chi connectivity index (χ0n) is 23.4. The Morgan fingerprint density at radius 1 is 0.897 bits per heavy atom. The number of carbonyl (C=O) groups excluding carboxylic acids is 1. The summed E-state index contributed by atoms with van der Waals surface area (Å²) in [6, 6.07) is 17.1. The summed E-state index contributed by atoms with van der Waals surface area (Å²) in [5.74, 6) is 2.56. The maximum Gasteiger partial charge on any atom is 0.161 e. The first-order valence-electron chi connectivity index (χ1n) is 14.7. The SMILES string of the molecule is COc1ccc(CCC(=O)C[C@@H](O)CCCCCC2CCCCC2)cc1OCc1ccc2cc(O)ccc2c1. The van der Waals surface area contributed by atoms with Crippen molar-refractivity contribution in [2.45, 2.75) is 96.2 Å². The fraction of sp³-hybridized carbons (Fsp3) is 0.500. The predicted molar refractivity (Wildman–Crippen MR) is 157 cm³/mol. The van der Waals surface area contributed by atoms with E-state index in [2.05, 4.69) is 0 Å². The molecule has 0 radical (unpaired) electrons. The van der Waals surface area contributed by atoms with Crippen molar-refractivity contribution in [3.05, 3.63) is 65.7 Å². The number of benzene rings is 3. The second-order valence-electron chi connectivity index (χ2n) is 11.2. The third-order valence-electron chi connectivity index (χ3n) is 8.04. The lowest BCUT2D eigenvalue weighted by Gasteiger charge is -2.21. The van der Waals surface area contributed by atoms with E-state index < -0.39 is 6.10 Å². The number of aliphatic hydroxyl groups is 1. The second kappa shape index (κ2) is 14.9. The number of hydrogen-bond acceptors (Lipinski definition) is 5. The Morgan fingerprint density at radius 2 is 1.67 bits per heavy atom. The third-order valence-corrected chi connectivity index (χ3v) is 8.04. The standard InChI is InChI=1S/C34H44O5/c1-38-33-19-14-26(21-34(33)39-24-27-12-15-29-22-31(36)18-16-28(29)20-27)13-17-32(37)23-30(35)11-7-3-6-10-25-8-4-2-5-9-25/h12,14-16,18-22,25,30,35-36H,2-11,13,17,23-24H2,1H3/t30-/m0/s1. The van der Waals surface area contributed by atoms with Gasteiger partial charge in [-0.2, -0.15) is 0 Å². The average molecular weight is 533 g/mol. The van der Waals surface area contributed by atoms with Crippen LogP contribution in [0.2, 0.25) is 0 Å². The topological polar surface area (TPSA) is 76.0 Å². The number of unbranched alkanes of at least 4 members (excludes halogenated alkanes) is 2. The quantitative estimate of drug-likeness (QED) is 0.194. The van der Waals surface area contributed by atoms with E-state index in [9.17, 15) is 15.0 Å². The number of phenolic OH excluding ortho intramolecular Hbond substituents is 1. The highest BCUT2D eigenvalue weighted by Crippen LogP contribution is 2.31. The Kier molecular flexibility index (Phi) is 11.1. The van der Waals surface area contributed by atoms with Crippen molar-refractivity contribution in [3.8, 4) is 17.2 Å². The molecule has 4 rings (SSSR count). The predicted octanol–water partition coefficient (Wildman–Crippen LogP) is 7.92. The Bertz CT molecular complexity index is 1200. The normalized spacial score (nSPS) is 14.8. The Hall–Kier alpha value is -3.05. The van der Waals surface area contributed by atoms with E-state index >= 15 is 0 Å². The molecule has 0 amide bonds. The van der Waals surface area contributed by atoms with Gasteiger partial charge in [-0.15, -0.1) is 0 Å². The number of aromatic hydroxyl groups is 1. The molecule has 5 nitrogen and oxygen atoms in total. The van der Waals surface area contributed by atoms with Crippen LogP contribution in [0, 0.1) is 5.92 Å². The number of rotatable bonds is 15. The van der Waals surface area contributed by atoms with Crippen molar-refractivity contribution in [1.29, 1.82) is 0 Å². The number of aryl methyl sites for hydroxylation is 1. The van der Waals surface area contributed by atoms with Crippen LogP contribution in [0.1, 0.15) is 88.2 Å². The van der Waals surface area contributed by atoms with Crippen molar-refractivity contribution >= 4 is 16.6 Å². The average Bonchev–Trinajstić information content (AvgIpc) is 2.95. The van der Waals surface area contributed by atoms with Gasteiger partial charge in [0.15, 0.2) is 11.5 Å². The molecule has 0 unspecified atom stereocenters. The molecule has 2 N–H and O–H groups in total. The number of phenols is 1. The summed E-state index contributed by atoms with van der Waals surface area (Å²) in [6.07, 6.45) is 13.2. The third kappa shape index (κ3) is 9.28. The lowest BCUT2D eigenvalue weighted by molar-refractivity contribution is -0.121. The molecule has 1 fully saturated rings. The molecule has 0 saturated heterocycles. The van der Waals surface area contributed by atoms with Crippen molar-refractivity contribution in [2.24, 2.45) is 5.92 Å². The Morgan fingerprint density at radius 3 is 2.49 bits per heavy atom. The van der Waals surface area contributed by atoms with Gasteiger partial charge >= 0.3 is 0 Å². The highest BCUT2D eigenvalue weighted by molar-refractivity contribution is 5.84. The van der Waals surface area contributed by atoms with Crippen LogP contribution in [-0.4, -0.2) is 29.2 Å². The molecular weight excluding hydrogens is 488 g/mol.